The maximum absolute atomic E-state index is 11.7. The van der Waals surface area contributed by atoms with E-state index in [-0.39, 0.29) is 5.69 Å². The molecule has 0 unspecified atom stereocenters. The quantitative estimate of drug-likeness (QED) is 0.825. The molecular formula is C12H14N2O3. The number of fused-ring (bicyclic) bond motifs is 1. The second-order valence-corrected chi connectivity index (χ2v) is 3.68. The first-order valence-corrected chi connectivity index (χ1v) is 5.37. The van der Waals surface area contributed by atoms with Crippen LogP contribution in [-0.2, 0) is 4.74 Å². The van der Waals surface area contributed by atoms with Crippen LogP contribution in [0.15, 0.2) is 12.1 Å². The first-order chi connectivity index (χ1) is 8.17. The van der Waals surface area contributed by atoms with E-state index in [9.17, 15) is 4.79 Å². The van der Waals surface area contributed by atoms with Crippen molar-refractivity contribution >= 4 is 16.9 Å². The van der Waals surface area contributed by atoms with Gasteiger partial charge in [0, 0.05) is 0 Å². The van der Waals surface area contributed by atoms with Crippen molar-refractivity contribution in [3.8, 4) is 5.75 Å². The predicted molar refractivity (Wildman–Crippen MR) is 63.3 cm³/mol. The van der Waals surface area contributed by atoms with Gasteiger partial charge in [-0.15, -0.1) is 0 Å². The Hall–Kier alpha value is -2.04. The zero-order valence-electron chi connectivity index (χ0n) is 10.0. The lowest BCUT2D eigenvalue weighted by Gasteiger charge is -2.04. The number of rotatable bonds is 3. The Balaban J connectivity index is 2.62. The van der Waals surface area contributed by atoms with Gasteiger partial charge in [0.25, 0.3) is 0 Å². The fourth-order valence-corrected chi connectivity index (χ4v) is 1.77. The Morgan fingerprint density at radius 1 is 1.47 bits per heavy atom. The molecule has 0 atom stereocenters. The molecule has 5 nitrogen and oxygen atoms in total. The topological polar surface area (TPSA) is 64.2 Å². The molecule has 0 aliphatic carbocycles. The smallest absolute Gasteiger partial charge is 0.359 e. The summed E-state index contributed by atoms with van der Waals surface area (Å²) in [5.41, 5.74) is 2.07. The third kappa shape index (κ3) is 1.95. The lowest BCUT2D eigenvalue weighted by Crippen LogP contribution is -2.05. The van der Waals surface area contributed by atoms with Crippen LogP contribution in [0.5, 0.6) is 5.75 Å². The van der Waals surface area contributed by atoms with Crippen molar-refractivity contribution in [2.24, 2.45) is 0 Å². The van der Waals surface area contributed by atoms with E-state index < -0.39 is 5.97 Å². The fourth-order valence-electron chi connectivity index (χ4n) is 1.77. The van der Waals surface area contributed by atoms with E-state index in [0.717, 1.165) is 11.1 Å². The number of H-pyrrole nitrogens is 1. The van der Waals surface area contributed by atoms with Crippen LogP contribution in [0.4, 0.5) is 0 Å². The summed E-state index contributed by atoms with van der Waals surface area (Å²) in [6.07, 6.45) is 0. The van der Waals surface area contributed by atoms with Gasteiger partial charge in [0.15, 0.2) is 5.69 Å². The minimum atomic E-state index is -0.444. The van der Waals surface area contributed by atoms with Crippen LogP contribution in [0.25, 0.3) is 10.9 Å². The van der Waals surface area contributed by atoms with E-state index in [1.807, 2.05) is 19.1 Å². The number of nitrogens with zero attached hydrogens (tertiary/aromatic N) is 1. The highest BCUT2D eigenvalue weighted by Gasteiger charge is 2.19. The maximum atomic E-state index is 11.7. The van der Waals surface area contributed by atoms with Gasteiger partial charge in [-0.3, -0.25) is 5.10 Å². The number of aromatic amines is 1. The van der Waals surface area contributed by atoms with Crippen molar-refractivity contribution in [2.75, 3.05) is 13.7 Å². The third-order valence-electron chi connectivity index (χ3n) is 2.46. The summed E-state index contributed by atoms with van der Waals surface area (Å²) in [6, 6.07) is 3.77. The van der Waals surface area contributed by atoms with Gasteiger partial charge < -0.3 is 9.47 Å². The Kier molecular flexibility index (Phi) is 2.99. The highest BCUT2D eigenvalue weighted by Crippen LogP contribution is 2.29. The molecule has 0 bridgehead atoms. The van der Waals surface area contributed by atoms with Gasteiger partial charge in [-0.25, -0.2) is 4.79 Å². The minimum absolute atomic E-state index is 0.263. The van der Waals surface area contributed by atoms with Crippen molar-refractivity contribution in [1.82, 2.24) is 10.2 Å². The van der Waals surface area contributed by atoms with Crippen LogP contribution in [-0.4, -0.2) is 29.9 Å². The van der Waals surface area contributed by atoms with E-state index >= 15 is 0 Å². The molecule has 0 aliphatic rings. The lowest BCUT2D eigenvalue weighted by molar-refractivity contribution is 0.0521. The number of ether oxygens (including phenoxy) is 2. The fraction of sp³-hybridized carbons (Fsp3) is 0.333. The number of hydrogen-bond donors (Lipinski definition) is 1. The average Bonchev–Trinajstić information content (AvgIpc) is 2.71. The van der Waals surface area contributed by atoms with Gasteiger partial charge in [0.05, 0.1) is 24.6 Å². The summed E-state index contributed by atoms with van der Waals surface area (Å²) >= 11 is 0. The predicted octanol–water partition coefficient (Wildman–Crippen LogP) is 2.06. The molecule has 0 radical (unpaired) electrons. The van der Waals surface area contributed by atoms with Crippen LogP contribution in [0.3, 0.4) is 0 Å². The Bertz CT molecular complexity index is 560. The number of esters is 1. The van der Waals surface area contributed by atoms with Crippen LogP contribution < -0.4 is 4.74 Å². The molecule has 5 heteroatoms. The van der Waals surface area contributed by atoms with Gasteiger partial charge in [-0.1, -0.05) is 0 Å². The van der Waals surface area contributed by atoms with E-state index in [4.69, 9.17) is 9.47 Å². The van der Waals surface area contributed by atoms with Crippen LogP contribution >= 0.6 is 0 Å². The molecule has 2 rings (SSSR count). The van der Waals surface area contributed by atoms with E-state index in [0.29, 0.717) is 17.7 Å². The van der Waals surface area contributed by atoms with E-state index in [1.165, 1.54) is 0 Å². The molecule has 17 heavy (non-hydrogen) atoms. The highest BCUT2D eigenvalue weighted by molar-refractivity contribution is 6.04. The number of carbonyl (C=O) groups excluding carboxylic acids is 1. The number of nitrogens with one attached hydrogen (secondary N) is 1. The number of methoxy groups -OCH3 is 1. The summed E-state index contributed by atoms with van der Waals surface area (Å²) in [6.45, 7) is 4.03. The summed E-state index contributed by atoms with van der Waals surface area (Å²) < 4.78 is 10.2. The van der Waals surface area contributed by atoms with Gasteiger partial charge >= 0.3 is 5.97 Å². The van der Waals surface area contributed by atoms with Crippen molar-refractivity contribution in [2.45, 2.75) is 13.8 Å². The molecule has 2 aromatic rings. The summed E-state index contributed by atoms with van der Waals surface area (Å²) in [4.78, 5) is 11.7. The largest absolute Gasteiger partial charge is 0.496 e. The van der Waals surface area contributed by atoms with Gasteiger partial charge in [-0.2, -0.15) is 5.10 Å². The molecular weight excluding hydrogens is 220 g/mol. The number of aryl methyl sites for hydroxylation is 1. The number of benzene rings is 1. The maximum Gasteiger partial charge on any atom is 0.359 e. The van der Waals surface area contributed by atoms with Gasteiger partial charge in [-0.05, 0) is 31.5 Å². The zero-order chi connectivity index (χ0) is 12.4. The van der Waals surface area contributed by atoms with Crippen LogP contribution in [0.2, 0.25) is 0 Å². The molecule has 0 saturated carbocycles. The first kappa shape index (κ1) is 11.4. The molecule has 0 spiro atoms. The van der Waals surface area contributed by atoms with Gasteiger partial charge in [0.1, 0.15) is 5.75 Å². The first-order valence-electron chi connectivity index (χ1n) is 5.37. The second kappa shape index (κ2) is 4.45. The Morgan fingerprint density at radius 3 is 2.88 bits per heavy atom. The van der Waals surface area contributed by atoms with Crippen molar-refractivity contribution in [1.29, 1.82) is 0 Å². The normalized spacial score (nSPS) is 10.5. The monoisotopic (exact) mass is 234 g/mol. The number of aromatic nitrogens is 2. The molecule has 0 aliphatic heterocycles. The summed E-state index contributed by atoms with van der Waals surface area (Å²) in [5.74, 6) is 0.178. The molecule has 1 N–H and O–H groups in total. The van der Waals surface area contributed by atoms with Crippen molar-refractivity contribution in [3.63, 3.8) is 0 Å². The zero-order valence-corrected chi connectivity index (χ0v) is 10.0. The molecule has 0 saturated heterocycles. The van der Waals surface area contributed by atoms with E-state index in [2.05, 4.69) is 10.2 Å². The number of hydrogen-bond acceptors (Lipinski definition) is 4. The molecule has 0 amide bonds. The highest BCUT2D eigenvalue weighted by atomic mass is 16.5. The third-order valence-corrected chi connectivity index (χ3v) is 2.46. The van der Waals surface area contributed by atoms with Crippen molar-refractivity contribution in [3.05, 3.63) is 23.4 Å². The molecule has 1 aromatic carbocycles. The number of carbonyl (C=O) groups is 1. The van der Waals surface area contributed by atoms with Crippen LogP contribution in [0, 0.1) is 6.92 Å². The van der Waals surface area contributed by atoms with Crippen LogP contribution in [0.1, 0.15) is 23.0 Å². The lowest BCUT2D eigenvalue weighted by atomic mass is 10.1. The van der Waals surface area contributed by atoms with Crippen molar-refractivity contribution < 1.29 is 14.3 Å². The summed E-state index contributed by atoms with van der Waals surface area (Å²) in [7, 11) is 1.57. The average molecular weight is 234 g/mol. The minimum Gasteiger partial charge on any atom is -0.496 e. The SMILES string of the molecule is CCOC(=O)c1n[nH]c2cc(C)cc(OC)c12. The second-order valence-electron chi connectivity index (χ2n) is 3.68. The Morgan fingerprint density at radius 2 is 2.24 bits per heavy atom. The molecule has 0 fully saturated rings. The van der Waals surface area contributed by atoms with E-state index in [1.54, 1.807) is 14.0 Å². The molecule has 90 valence electrons. The molecule has 1 aromatic heterocycles. The summed E-state index contributed by atoms with van der Waals surface area (Å²) in [5, 5.41) is 7.46. The Labute approximate surface area is 98.7 Å². The van der Waals surface area contributed by atoms with Gasteiger partial charge in [0.2, 0.25) is 0 Å². The molecule has 1 heterocycles. The standard InChI is InChI=1S/C12H14N2O3/c1-4-17-12(15)11-10-8(13-14-11)5-7(2)6-9(10)16-3/h5-6H,4H2,1-3H3,(H,13,14).